The lowest BCUT2D eigenvalue weighted by atomic mass is 9.85. The summed E-state index contributed by atoms with van der Waals surface area (Å²) in [5.74, 6) is 0. The SMILES string of the molecule is CCCNCc1sccc1S(=O)(=O)N1CCCC(C)(C)C1. The molecule has 1 fully saturated rings. The van der Waals surface area contributed by atoms with Crippen LogP contribution in [0.2, 0.25) is 0 Å². The Kier molecular flexibility index (Phi) is 5.46. The normalized spacial score (nSPS) is 19.8. The third-order valence-corrected chi connectivity index (χ3v) is 6.88. The van der Waals surface area contributed by atoms with Crippen molar-refractivity contribution in [3.8, 4) is 0 Å². The number of hydrogen-bond acceptors (Lipinski definition) is 4. The van der Waals surface area contributed by atoms with Crippen LogP contribution in [0.1, 0.15) is 44.9 Å². The average molecular weight is 331 g/mol. The van der Waals surface area contributed by atoms with E-state index in [1.807, 2.05) is 5.38 Å². The second-order valence-electron chi connectivity index (χ2n) is 6.49. The molecule has 1 aliphatic rings. The molecule has 2 heterocycles. The number of rotatable bonds is 6. The quantitative estimate of drug-likeness (QED) is 0.816. The molecule has 21 heavy (non-hydrogen) atoms. The summed E-state index contributed by atoms with van der Waals surface area (Å²) in [6.45, 7) is 9.20. The van der Waals surface area contributed by atoms with Crippen LogP contribution in [0.15, 0.2) is 16.3 Å². The van der Waals surface area contributed by atoms with Gasteiger partial charge in [-0.25, -0.2) is 8.42 Å². The fraction of sp³-hybridized carbons (Fsp3) is 0.733. The van der Waals surface area contributed by atoms with E-state index < -0.39 is 10.0 Å². The Labute approximate surface area is 132 Å². The predicted octanol–water partition coefficient (Wildman–Crippen LogP) is 3.06. The standard InChI is InChI=1S/C15H26N2O2S2/c1-4-8-16-11-13-14(6-10-20-13)21(18,19)17-9-5-7-15(2,3)12-17/h6,10,16H,4-5,7-9,11-12H2,1-3H3. The highest BCUT2D eigenvalue weighted by atomic mass is 32.2. The number of hydrogen-bond donors (Lipinski definition) is 1. The summed E-state index contributed by atoms with van der Waals surface area (Å²) in [6, 6.07) is 1.75. The molecule has 0 aromatic carbocycles. The Morgan fingerprint density at radius 3 is 2.86 bits per heavy atom. The zero-order valence-electron chi connectivity index (χ0n) is 13.2. The number of nitrogens with zero attached hydrogens (tertiary/aromatic N) is 1. The van der Waals surface area contributed by atoms with Crippen LogP contribution in [-0.4, -0.2) is 32.4 Å². The first-order valence-corrected chi connectivity index (χ1v) is 9.96. The summed E-state index contributed by atoms with van der Waals surface area (Å²) in [5, 5.41) is 5.18. The minimum Gasteiger partial charge on any atom is -0.312 e. The molecule has 120 valence electrons. The zero-order valence-corrected chi connectivity index (χ0v) is 14.8. The highest BCUT2D eigenvalue weighted by molar-refractivity contribution is 7.89. The van der Waals surface area contributed by atoms with Gasteiger partial charge in [0.25, 0.3) is 0 Å². The van der Waals surface area contributed by atoms with Crippen LogP contribution in [0.4, 0.5) is 0 Å². The smallest absolute Gasteiger partial charge is 0.244 e. The van der Waals surface area contributed by atoms with Gasteiger partial charge in [-0.05, 0) is 42.7 Å². The van der Waals surface area contributed by atoms with E-state index in [4.69, 9.17) is 0 Å². The number of piperidine rings is 1. The summed E-state index contributed by atoms with van der Waals surface area (Å²) < 4.78 is 27.5. The van der Waals surface area contributed by atoms with Gasteiger partial charge in [-0.1, -0.05) is 20.8 Å². The molecule has 0 radical (unpaired) electrons. The van der Waals surface area contributed by atoms with Crippen molar-refractivity contribution < 1.29 is 8.42 Å². The van der Waals surface area contributed by atoms with Gasteiger partial charge in [-0.15, -0.1) is 11.3 Å². The molecule has 0 aliphatic carbocycles. The minimum absolute atomic E-state index is 0.0714. The molecule has 0 amide bonds. The van der Waals surface area contributed by atoms with Crippen molar-refractivity contribution in [1.82, 2.24) is 9.62 Å². The maximum absolute atomic E-state index is 12.9. The zero-order chi connectivity index (χ0) is 15.5. The van der Waals surface area contributed by atoms with E-state index in [-0.39, 0.29) is 5.41 Å². The molecule has 0 unspecified atom stereocenters. The lowest BCUT2D eigenvalue weighted by molar-refractivity contribution is 0.187. The Balaban J connectivity index is 2.18. The van der Waals surface area contributed by atoms with Crippen LogP contribution in [0.25, 0.3) is 0 Å². The monoisotopic (exact) mass is 330 g/mol. The van der Waals surface area contributed by atoms with E-state index in [9.17, 15) is 8.42 Å². The molecule has 0 saturated carbocycles. The average Bonchev–Trinajstić information content (AvgIpc) is 2.87. The molecule has 1 saturated heterocycles. The van der Waals surface area contributed by atoms with E-state index in [0.717, 1.165) is 30.7 Å². The van der Waals surface area contributed by atoms with Crippen LogP contribution in [0, 0.1) is 5.41 Å². The van der Waals surface area contributed by atoms with Gasteiger partial charge < -0.3 is 5.32 Å². The molecule has 6 heteroatoms. The maximum atomic E-state index is 12.9. The highest BCUT2D eigenvalue weighted by Crippen LogP contribution is 2.33. The first-order chi connectivity index (χ1) is 9.87. The second-order valence-corrected chi connectivity index (χ2v) is 9.40. The predicted molar refractivity (Wildman–Crippen MR) is 88.1 cm³/mol. The Bertz CT molecular complexity index is 564. The number of nitrogens with one attached hydrogen (secondary N) is 1. The fourth-order valence-electron chi connectivity index (χ4n) is 2.78. The van der Waals surface area contributed by atoms with Crippen molar-refractivity contribution >= 4 is 21.4 Å². The Hall–Kier alpha value is -0.430. The maximum Gasteiger partial charge on any atom is 0.244 e. The number of sulfonamides is 1. The fourth-order valence-corrected chi connectivity index (χ4v) is 5.83. The van der Waals surface area contributed by atoms with Gasteiger partial charge in [-0.3, -0.25) is 0 Å². The molecule has 4 nitrogen and oxygen atoms in total. The van der Waals surface area contributed by atoms with Crippen LogP contribution in [0.3, 0.4) is 0 Å². The number of thiophene rings is 1. The van der Waals surface area contributed by atoms with Crippen molar-refractivity contribution in [3.63, 3.8) is 0 Å². The lowest BCUT2D eigenvalue weighted by Gasteiger charge is -2.37. The molecule has 1 aliphatic heterocycles. The summed E-state index contributed by atoms with van der Waals surface area (Å²) in [5.41, 5.74) is 0.0714. The van der Waals surface area contributed by atoms with E-state index in [0.29, 0.717) is 24.5 Å². The highest BCUT2D eigenvalue weighted by Gasteiger charge is 2.35. The van der Waals surface area contributed by atoms with E-state index in [1.165, 1.54) is 11.3 Å². The van der Waals surface area contributed by atoms with Gasteiger partial charge in [-0.2, -0.15) is 4.31 Å². The van der Waals surface area contributed by atoms with Crippen LogP contribution < -0.4 is 5.32 Å². The molecule has 0 spiro atoms. The van der Waals surface area contributed by atoms with Crippen molar-refractivity contribution in [2.45, 2.75) is 51.5 Å². The summed E-state index contributed by atoms with van der Waals surface area (Å²) in [7, 11) is -3.35. The van der Waals surface area contributed by atoms with Gasteiger partial charge in [0.05, 0.1) is 4.90 Å². The second kappa shape index (κ2) is 6.77. The molecule has 2 rings (SSSR count). The Morgan fingerprint density at radius 1 is 1.43 bits per heavy atom. The van der Waals surface area contributed by atoms with Gasteiger partial charge in [0.1, 0.15) is 0 Å². The van der Waals surface area contributed by atoms with E-state index in [2.05, 4.69) is 26.1 Å². The minimum atomic E-state index is -3.35. The van der Waals surface area contributed by atoms with Crippen molar-refractivity contribution in [2.75, 3.05) is 19.6 Å². The molecule has 1 aromatic rings. The molecule has 1 aromatic heterocycles. The largest absolute Gasteiger partial charge is 0.312 e. The lowest BCUT2D eigenvalue weighted by Crippen LogP contribution is -2.43. The third kappa shape index (κ3) is 4.06. The van der Waals surface area contributed by atoms with E-state index >= 15 is 0 Å². The van der Waals surface area contributed by atoms with Crippen molar-refractivity contribution in [1.29, 1.82) is 0 Å². The summed E-state index contributed by atoms with van der Waals surface area (Å²) >= 11 is 1.52. The van der Waals surface area contributed by atoms with Gasteiger partial charge in [0.2, 0.25) is 10.0 Å². The Morgan fingerprint density at radius 2 is 2.19 bits per heavy atom. The van der Waals surface area contributed by atoms with Crippen LogP contribution >= 0.6 is 11.3 Å². The summed E-state index contributed by atoms with van der Waals surface area (Å²) in [6.07, 6.45) is 3.08. The van der Waals surface area contributed by atoms with Crippen LogP contribution in [-0.2, 0) is 16.6 Å². The molecule has 0 bridgehead atoms. The molecular formula is C15H26N2O2S2. The van der Waals surface area contributed by atoms with E-state index in [1.54, 1.807) is 10.4 Å². The summed E-state index contributed by atoms with van der Waals surface area (Å²) in [4.78, 5) is 1.42. The van der Waals surface area contributed by atoms with Gasteiger partial charge >= 0.3 is 0 Å². The van der Waals surface area contributed by atoms with Crippen LogP contribution in [0.5, 0.6) is 0 Å². The van der Waals surface area contributed by atoms with Gasteiger partial charge in [0.15, 0.2) is 0 Å². The topological polar surface area (TPSA) is 49.4 Å². The third-order valence-electron chi connectivity index (χ3n) is 3.90. The molecule has 0 atom stereocenters. The molecule has 1 N–H and O–H groups in total. The molecular weight excluding hydrogens is 304 g/mol. The first kappa shape index (κ1) is 16.9. The van der Waals surface area contributed by atoms with Gasteiger partial charge in [0, 0.05) is 24.5 Å². The van der Waals surface area contributed by atoms with Crippen molar-refractivity contribution in [2.24, 2.45) is 5.41 Å². The first-order valence-electron chi connectivity index (χ1n) is 7.64. The van der Waals surface area contributed by atoms with Crippen molar-refractivity contribution in [3.05, 3.63) is 16.3 Å².